The number of hydrogen-bond acceptors (Lipinski definition) is 13. The van der Waals surface area contributed by atoms with Crippen LogP contribution in [0.25, 0.3) is 0 Å². The Morgan fingerprint density at radius 2 is 1.53 bits per heavy atom. The van der Waals surface area contributed by atoms with Gasteiger partial charge in [0, 0.05) is 30.2 Å². The van der Waals surface area contributed by atoms with Gasteiger partial charge >= 0.3 is 12.1 Å². The first-order valence-corrected chi connectivity index (χ1v) is 25.1. The minimum absolute atomic E-state index is 0.000444. The fourth-order valence-corrected chi connectivity index (χ4v) is 13.1. The Hall–Kier alpha value is -3.73. The maximum atomic E-state index is 14.2. The van der Waals surface area contributed by atoms with Gasteiger partial charge in [0.05, 0.1) is 37.1 Å². The van der Waals surface area contributed by atoms with E-state index in [-0.39, 0.29) is 54.5 Å². The number of aryl methyl sites for hydroxylation is 1. The van der Waals surface area contributed by atoms with Gasteiger partial charge in [0.1, 0.15) is 23.6 Å². The predicted octanol–water partition coefficient (Wildman–Crippen LogP) is 6.96. The molecule has 6 aliphatic rings. The summed E-state index contributed by atoms with van der Waals surface area (Å²) in [6.45, 7) is 13.8. The van der Waals surface area contributed by atoms with E-state index < -0.39 is 84.1 Å². The summed E-state index contributed by atoms with van der Waals surface area (Å²) in [6, 6.07) is 15.9. The van der Waals surface area contributed by atoms with Gasteiger partial charge in [-0.1, -0.05) is 101 Å². The molecule has 5 N–H and O–H groups in total. The molecule has 8 rings (SSSR count). The third kappa shape index (κ3) is 9.82. The molecule has 14 heteroatoms. The average Bonchev–Trinajstić information content (AvgIpc) is 3.55. The molecule has 0 aromatic heterocycles. The first kappa shape index (κ1) is 50.7. The average molecular weight is 946 g/mol. The first-order valence-electron chi connectivity index (χ1n) is 25.1. The van der Waals surface area contributed by atoms with Crippen molar-refractivity contribution in [1.82, 2.24) is 5.32 Å². The van der Waals surface area contributed by atoms with Gasteiger partial charge in [0.25, 0.3) is 0 Å². The molecule has 9 unspecified atom stereocenters. The lowest BCUT2D eigenvalue weighted by atomic mass is 9.46. The number of esters is 1. The summed E-state index contributed by atoms with van der Waals surface area (Å²) in [6.07, 6.45) is -2.26. The lowest BCUT2D eigenvalue weighted by molar-refractivity contribution is -0.333. The van der Waals surface area contributed by atoms with Crippen LogP contribution in [-0.4, -0.2) is 112 Å². The minimum atomic E-state index is -1.55. The van der Waals surface area contributed by atoms with Gasteiger partial charge in [-0.15, -0.1) is 0 Å². The summed E-state index contributed by atoms with van der Waals surface area (Å²) in [7, 11) is 0. The maximum absolute atomic E-state index is 14.2. The third-order valence-electron chi connectivity index (χ3n) is 17.3. The van der Waals surface area contributed by atoms with E-state index in [0.29, 0.717) is 37.5 Å². The Bertz CT molecular complexity index is 2120. The second kappa shape index (κ2) is 20.5. The largest absolute Gasteiger partial charge is 0.449 e. The number of amides is 1. The molecule has 2 saturated heterocycles. The molecule has 1 amide bonds. The standard InChI is InChI=1S/C54H75NO13/c1-30(2)13-20-41(57)33(5)54(62)44(26-40-38-19-18-36-25-37(56)21-23-52(36,6)39(38)22-24-53(40,54)7)65-49-32(4)45(42(58)28-63-49)67-50-47(66-48(60)35-16-14-31(3)15-17-35)46(43(59)29-64-50)68-51(61)55-27-34-11-9-8-10-12-34/h8-12,14-18,30,32-33,37-40,42-47,49-50,56,58-59,62H,13,19-29H2,1-7H3,(H,55,61)/t32?,33-,37+,38-,39?,40+,42?,43?,44+,45?,46?,47?,49?,50?,52+,53+,54-/m1/s1. The Balaban J connectivity index is 1.05. The quantitative estimate of drug-likeness (QED) is 0.0963. The normalized spacial score (nSPS) is 39.4. The van der Waals surface area contributed by atoms with Crippen LogP contribution in [-0.2, 0) is 39.8 Å². The number of aliphatic hydroxyl groups is 4. The van der Waals surface area contributed by atoms with Crippen molar-refractivity contribution in [2.24, 2.45) is 46.3 Å². The van der Waals surface area contributed by atoms with Crippen molar-refractivity contribution in [3.8, 4) is 0 Å². The Morgan fingerprint density at radius 1 is 0.838 bits per heavy atom. The number of rotatable bonds is 14. The van der Waals surface area contributed by atoms with Gasteiger partial charge in [0.15, 0.2) is 24.8 Å². The summed E-state index contributed by atoms with van der Waals surface area (Å²) in [5.74, 6) is -1.26. The van der Waals surface area contributed by atoms with E-state index in [0.717, 1.165) is 43.2 Å². The number of benzene rings is 2. The summed E-state index contributed by atoms with van der Waals surface area (Å²) in [5, 5.41) is 49.7. The predicted molar refractivity (Wildman–Crippen MR) is 251 cm³/mol. The fourth-order valence-electron chi connectivity index (χ4n) is 13.1. The van der Waals surface area contributed by atoms with Crippen LogP contribution in [0.1, 0.15) is 121 Å². The van der Waals surface area contributed by atoms with E-state index in [2.05, 4.69) is 39.1 Å². The molecule has 2 heterocycles. The van der Waals surface area contributed by atoms with E-state index in [9.17, 15) is 34.8 Å². The SMILES string of the molecule is Cc1ccc(C(=O)OC2C(OC3C(O)COC(O[C@H]4C[C@H]5[C@@H]6CC=C7C[C@@H](O)CC[C@]7(C)C6CC[C@]5(C)[C@@]4(O)[C@H](C)C(=O)CCC(C)C)C3C)OCC(O)C2OC(=O)NCc2ccccc2)cc1. The molecule has 4 aliphatic carbocycles. The number of ketones is 1. The number of nitrogens with one attached hydrogen (secondary N) is 1. The number of carbonyl (C=O) groups is 3. The number of fused-ring (bicyclic) bond motifs is 5. The summed E-state index contributed by atoms with van der Waals surface area (Å²) >= 11 is 0. The molecule has 374 valence electrons. The van der Waals surface area contributed by atoms with Crippen molar-refractivity contribution in [2.75, 3.05) is 13.2 Å². The number of Topliss-reactive ketones (excluding diaryl/α,β-unsaturated/α-hetero) is 1. The monoisotopic (exact) mass is 946 g/mol. The highest BCUT2D eigenvalue weighted by molar-refractivity contribution is 5.89. The highest BCUT2D eigenvalue weighted by Crippen LogP contribution is 2.69. The van der Waals surface area contributed by atoms with Crippen LogP contribution >= 0.6 is 0 Å². The van der Waals surface area contributed by atoms with Crippen molar-refractivity contribution >= 4 is 17.8 Å². The highest BCUT2D eigenvalue weighted by Gasteiger charge is 2.70. The Labute approximate surface area is 401 Å². The molecule has 2 aromatic carbocycles. The van der Waals surface area contributed by atoms with Gasteiger partial charge < -0.3 is 54.2 Å². The molecular formula is C54H75NO13. The minimum Gasteiger partial charge on any atom is -0.449 e. The van der Waals surface area contributed by atoms with Crippen LogP contribution < -0.4 is 5.32 Å². The van der Waals surface area contributed by atoms with Crippen LogP contribution in [0, 0.1) is 53.3 Å². The fraction of sp³-hybridized carbons (Fsp3) is 0.685. The zero-order valence-corrected chi connectivity index (χ0v) is 40.9. The second-order valence-electron chi connectivity index (χ2n) is 21.9. The molecule has 17 atom stereocenters. The van der Waals surface area contributed by atoms with E-state index in [1.54, 1.807) is 31.2 Å². The number of hydrogen-bond donors (Lipinski definition) is 5. The zero-order valence-electron chi connectivity index (χ0n) is 40.9. The van der Waals surface area contributed by atoms with Gasteiger partial charge in [-0.05, 0) is 105 Å². The van der Waals surface area contributed by atoms with Crippen LogP contribution in [0.5, 0.6) is 0 Å². The molecule has 2 aliphatic heterocycles. The lowest BCUT2D eigenvalue weighted by Crippen LogP contribution is -2.62. The van der Waals surface area contributed by atoms with Crippen LogP contribution in [0.3, 0.4) is 0 Å². The van der Waals surface area contributed by atoms with Crippen LogP contribution in [0.4, 0.5) is 4.79 Å². The highest BCUT2D eigenvalue weighted by atomic mass is 16.7. The summed E-state index contributed by atoms with van der Waals surface area (Å²) in [4.78, 5) is 41.2. The zero-order chi connectivity index (χ0) is 48.7. The second-order valence-corrected chi connectivity index (χ2v) is 21.9. The molecule has 68 heavy (non-hydrogen) atoms. The van der Waals surface area contributed by atoms with Gasteiger partial charge in [0.2, 0.25) is 0 Å². The van der Waals surface area contributed by atoms with Gasteiger partial charge in [-0.25, -0.2) is 9.59 Å². The number of carbonyl (C=O) groups excluding carboxylic acids is 3. The third-order valence-corrected chi connectivity index (χ3v) is 17.3. The van der Waals surface area contributed by atoms with Crippen molar-refractivity contribution in [2.45, 2.75) is 174 Å². The first-order chi connectivity index (χ1) is 32.3. The Kier molecular flexibility index (Phi) is 15.3. The van der Waals surface area contributed by atoms with Gasteiger partial charge in [-0.2, -0.15) is 0 Å². The van der Waals surface area contributed by atoms with Crippen molar-refractivity contribution in [3.63, 3.8) is 0 Å². The number of allylic oxidation sites excluding steroid dienone is 1. The summed E-state index contributed by atoms with van der Waals surface area (Å²) in [5.41, 5.74) is 1.05. The van der Waals surface area contributed by atoms with Crippen molar-refractivity contribution < 1.29 is 63.2 Å². The molecule has 3 saturated carbocycles. The van der Waals surface area contributed by atoms with Crippen molar-refractivity contribution in [1.29, 1.82) is 0 Å². The lowest BCUT2D eigenvalue weighted by Gasteiger charge is -2.59. The Morgan fingerprint density at radius 3 is 2.24 bits per heavy atom. The molecule has 0 spiro atoms. The molecule has 5 fully saturated rings. The number of alkyl carbamates (subject to hydrolysis) is 1. The van der Waals surface area contributed by atoms with E-state index in [4.69, 9.17) is 28.4 Å². The number of aliphatic hydroxyl groups excluding tert-OH is 3. The molecule has 2 aromatic rings. The topological polar surface area (TPSA) is 200 Å². The molecule has 14 nitrogen and oxygen atoms in total. The smallest absolute Gasteiger partial charge is 0.407 e. The van der Waals surface area contributed by atoms with Crippen LogP contribution in [0.2, 0.25) is 0 Å². The van der Waals surface area contributed by atoms with Crippen molar-refractivity contribution in [3.05, 3.63) is 82.9 Å². The number of ether oxygens (including phenoxy) is 6. The van der Waals surface area contributed by atoms with E-state index in [1.807, 2.05) is 44.2 Å². The van der Waals surface area contributed by atoms with Crippen LogP contribution in [0.15, 0.2) is 66.2 Å². The molecular weight excluding hydrogens is 871 g/mol. The molecule has 0 bridgehead atoms. The molecule has 0 radical (unpaired) electrons. The van der Waals surface area contributed by atoms with E-state index in [1.165, 1.54) is 5.57 Å². The summed E-state index contributed by atoms with van der Waals surface area (Å²) < 4.78 is 37.7. The maximum Gasteiger partial charge on any atom is 0.407 e. The van der Waals surface area contributed by atoms with Gasteiger partial charge in [-0.3, -0.25) is 4.79 Å². The van der Waals surface area contributed by atoms with E-state index >= 15 is 0 Å².